The van der Waals surface area contributed by atoms with Crippen molar-refractivity contribution in [2.24, 2.45) is 0 Å². The van der Waals surface area contributed by atoms with E-state index in [0.717, 1.165) is 21.9 Å². The highest BCUT2D eigenvalue weighted by Crippen LogP contribution is 2.25. The average molecular weight is 359 g/mol. The van der Waals surface area contributed by atoms with Gasteiger partial charge in [-0.25, -0.2) is 4.98 Å². The quantitative estimate of drug-likeness (QED) is 0.600. The third-order valence-electron chi connectivity index (χ3n) is 3.47. The van der Waals surface area contributed by atoms with Gasteiger partial charge in [-0.15, -0.1) is 11.3 Å². The largest absolute Gasteiger partial charge is 0.363 e. The van der Waals surface area contributed by atoms with Crippen molar-refractivity contribution in [3.05, 3.63) is 58.9 Å². The zero-order chi connectivity index (χ0) is 16.5. The molecular weight excluding hydrogens is 348 g/mol. The Balaban J connectivity index is 1.58. The summed E-state index contributed by atoms with van der Waals surface area (Å²) in [6, 6.07) is 9.10. The van der Waals surface area contributed by atoms with Crippen molar-refractivity contribution in [3.63, 3.8) is 0 Å². The van der Waals surface area contributed by atoms with E-state index in [0.29, 0.717) is 10.8 Å². The lowest BCUT2D eigenvalue weighted by molar-refractivity contribution is -0.115. The van der Waals surface area contributed by atoms with Crippen molar-refractivity contribution < 1.29 is 9.32 Å². The van der Waals surface area contributed by atoms with Crippen molar-refractivity contribution >= 4 is 39.6 Å². The number of nitrogens with one attached hydrogen (secondary N) is 1. The molecule has 0 saturated heterocycles. The predicted octanol–water partition coefficient (Wildman–Crippen LogP) is 3.89. The smallest absolute Gasteiger partial charge is 0.231 e. The summed E-state index contributed by atoms with van der Waals surface area (Å²) in [5, 5.41) is 8.96. The number of carbonyl (C=O) groups is 1. The van der Waals surface area contributed by atoms with Crippen LogP contribution < -0.4 is 5.32 Å². The van der Waals surface area contributed by atoms with E-state index in [1.54, 1.807) is 6.07 Å². The second-order valence-electron chi connectivity index (χ2n) is 5.12. The van der Waals surface area contributed by atoms with Crippen LogP contribution in [0.4, 0.5) is 5.82 Å². The van der Waals surface area contributed by atoms with E-state index in [9.17, 15) is 4.79 Å². The molecule has 1 aromatic carbocycles. The Morgan fingerprint density at radius 2 is 2.12 bits per heavy atom. The van der Waals surface area contributed by atoms with E-state index >= 15 is 0 Å². The molecule has 4 rings (SSSR count). The zero-order valence-electron chi connectivity index (χ0n) is 12.3. The van der Waals surface area contributed by atoms with Gasteiger partial charge in [0.05, 0.1) is 12.1 Å². The summed E-state index contributed by atoms with van der Waals surface area (Å²) >= 11 is 7.41. The average Bonchev–Trinajstić information content (AvgIpc) is 3.27. The van der Waals surface area contributed by atoms with Crippen LogP contribution in [-0.4, -0.2) is 20.4 Å². The number of halogens is 1. The molecule has 0 aliphatic carbocycles. The molecule has 0 radical (unpaired) electrons. The Kier molecular flexibility index (Phi) is 3.79. The number of imidazole rings is 1. The molecule has 24 heavy (non-hydrogen) atoms. The van der Waals surface area contributed by atoms with Crippen LogP contribution in [0.2, 0.25) is 5.02 Å². The number of anilines is 1. The predicted molar refractivity (Wildman–Crippen MR) is 92.4 cm³/mol. The molecule has 1 amide bonds. The lowest BCUT2D eigenvalue weighted by Crippen LogP contribution is -2.15. The fourth-order valence-corrected chi connectivity index (χ4v) is 3.34. The molecular formula is C16H11ClN4O2S. The SMILES string of the molecule is O=C(Cc1csc2nc(-c3ccc(Cl)cc3)cn12)Nc1ccon1. The van der Waals surface area contributed by atoms with E-state index in [1.807, 2.05) is 40.2 Å². The third-order valence-corrected chi connectivity index (χ3v) is 4.61. The molecule has 0 bridgehead atoms. The topological polar surface area (TPSA) is 72.4 Å². The second kappa shape index (κ2) is 6.10. The van der Waals surface area contributed by atoms with Crippen LogP contribution >= 0.6 is 22.9 Å². The van der Waals surface area contributed by atoms with E-state index in [1.165, 1.54) is 17.6 Å². The summed E-state index contributed by atoms with van der Waals surface area (Å²) in [6.45, 7) is 0. The van der Waals surface area contributed by atoms with Gasteiger partial charge in [0, 0.05) is 33.9 Å². The number of rotatable bonds is 4. The number of benzene rings is 1. The zero-order valence-corrected chi connectivity index (χ0v) is 13.8. The highest BCUT2D eigenvalue weighted by Gasteiger charge is 2.13. The van der Waals surface area contributed by atoms with Gasteiger partial charge in [-0.2, -0.15) is 0 Å². The van der Waals surface area contributed by atoms with E-state index in [4.69, 9.17) is 16.1 Å². The first kappa shape index (κ1) is 14.9. The molecule has 0 unspecified atom stereocenters. The molecule has 6 nitrogen and oxygen atoms in total. The highest BCUT2D eigenvalue weighted by atomic mass is 35.5. The first-order chi connectivity index (χ1) is 11.7. The molecule has 0 fully saturated rings. The molecule has 0 aliphatic heterocycles. The molecule has 8 heteroatoms. The van der Waals surface area contributed by atoms with Crippen LogP contribution in [0.5, 0.6) is 0 Å². The van der Waals surface area contributed by atoms with Gasteiger partial charge in [0.15, 0.2) is 10.8 Å². The molecule has 0 saturated carbocycles. The Morgan fingerprint density at radius 1 is 1.29 bits per heavy atom. The fourth-order valence-electron chi connectivity index (χ4n) is 2.34. The first-order valence-corrected chi connectivity index (χ1v) is 8.36. The molecule has 0 atom stereocenters. The van der Waals surface area contributed by atoms with Crippen molar-refractivity contribution in [2.75, 3.05) is 5.32 Å². The first-order valence-electron chi connectivity index (χ1n) is 7.11. The molecule has 1 N–H and O–H groups in total. The minimum absolute atomic E-state index is 0.162. The van der Waals surface area contributed by atoms with Crippen LogP contribution in [0.25, 0.3) is 16.2 Å². The van der Waals surface area contributed by atoms with Gasteiger partial charge in [0.1, 0.15) is 6.26 Å². The van der Waals surface area contributed by atoms with E-state index in [2.05, 4.69) is 15.5 Å². The normalized spacial score (nSPS) is 11.0. The summed E-state index contributed by atoms with van der Waals surface area (Å²) in [7, 11) is 0. The summed E-state index contributed by atoms with van der Waals surface area (Å²) in [5.41, 5.74) is 2.69. The van der Waals surface area contributed by atoms with Crippen molar-refractivity contribution in [1.82, 2.24) is 14.5 Å². The summed E-state index contributed by atoms with van der Waals surface area (Å²) in [5.74, 6) is 0.240. The molecule has 3 aromatic heterocycles. The van der Waals surface area contributed by atoms with Gasteiger partial charge in [-0.3, -0.25) is 9.20 Å². The molecule has 0 spiro atoms. The maximum atomic E-state index is 12.1. The number of fused-ring (bicyclic) bond motifs is 1. The molecule has 0 aliphatic rings. The van der Waals surface area contributed by atoms with E-state index in [-0.39, 0.29) is 12.3 Å². The third kappa shape index (κ3) is 2.91. The van der Waals surface area contributed by atoms with Gasteiger partial charge in [-0.05, 0) is 12.1 Å². The van der Waals surface area contributed by atoms with Crippen molar-refractivity contribution in [2.45, 2.75) is 6.42 Å². The van der Waals surface area contributed by atoms with Crippen LogP contribution in [0, 0.1) is 0 Å². The van der Waals surface area contributed by atoms with Crippen molar-refractivity contribution in [1.29, 1.82) is 0 Å². The highest BCUT2D eigenvalue weighted by molar-refractivity contribution is 7.15. The van der Waals surface area contributed by atoms with Gasteiger partial charge >= 0.3 is 0 Å². The van der Waals surface area contributed by atoms with Gasteiger partial charge < -0.3 is 9.84 Å². The summed E-state index contributed by atoms with van der Waals surface area (Å²) in [6.07, 6.45) is 3.56. The van der Waals surface area contributed by atoms with E-state index < -0.39 is 0 Å². The minimum Gasteiger partial charge on any atom is -0.363 e. The van der Waals surface area contributed by atoms with Gasteiger partial charge in [0.2, 0.25) is 5.91 Å². The van der Waals surface area contributed by atoms with Crippen LogP contribution in [-0.2, 0) is 11.2 Å². The monoisotopic (exact) mass is 358 g/mol. The van der Waals surface area contributed by atoms with Gasteiger partial charge in [-0.1, -0.05) is 28.9 Å². The molecule has 4 aromatic rings. The lowest BCUT2D eigenvalue weighted by Gasteiger charge is -2.00. The van der Waals surface area contributed by atoms with Crippen LogP contribution in [0.1, 0.15) is 5.69 Å². The van der Waals surface area contributed by atoms with Gasteiger partial charge in [0.25, 0.3) is 0 Å². The summed E-state index contributed by atoms with van der Waals surface area (Å²) < 4.78 is 6.62. The Morgan fingerprint density at radius 3 is 2.88 bits per heavy atom. The maximum absolute atomic E-state index is 12.1. The maximum Gasteiger partial charge on any atom is 0.231 e. The summed E-state index contributed by atoms with van der Waals surface area (Å²) in [4.78, 5) is 17.5. The fraction of sp³-hybridized carbons (Fsp3) is 0.0625. The molecule has 3 heterocycles. The Labute approximate surface area is 145 Å². The number of hydrogen-bond donors (Lipinski definition) is 1. The minimum atomic E-state index is -0.162. The number of nitrogens with zero attached hydrogens (tertiary/aromatic N) is 3. The Bertz CT molecular complexity index is 989. The number of aromatic nitrogens is 3. The number of carbonyl (C=O) groups excluding carboxylic acids is 1. The lowest BCUT2D eigenvalue weighted by atomic mass is 10.2. The number of hydrogen-bond acceptors (Lipinski definition) is 5. The standard InChI is InChI=1S/C16H11ClN4O2S/c17-11-3-1-10(2-4-11)13-8-21-12(9-24-16(21)18-13)7-15(22)19-14-5-6-23-20-14/h1-6,8-9H,7H2,(H,19,20,22). The molecule has 120 valence electrons. The Hall–Kier alpha value is -2.64. The van der Waals surface area contributed by atoms with Crippen molar-refractivity contribution in [3.8, 4) is 11.3 Å². The number of amides is 1. The number of thiazole rings is 1. The second-order valence-corrected chi connectivity index (χ2v) is 6.40. The van der Waals surface area contributed by atoms with Crippen LogP contribution in [0.3, 0.4) is 0 Å². The van der Waals surface area contributed by atoms with Crippen LogP contribution in [0.15, 0.2) is 52.7 Å².